The highest BCUT2D eigenvalue weighted by atomic mass is 79.9. The fourth-order valence-corrected chi connectivity index (χ4v) is 3.69. The van der Waals surface area contributed by atoms with Gasteiger partial charge >= 0.3 is 0 Å². The highest BCUT2D eigenvalue weighted by Gasteiger charge is 2.20. The van der Waals surface area contributed by atoms with Crippen LogP contribution in [0, 0.1) is 0 Å². The standard InChI is InChI=1S/C19H12BrCl/c20-13-9-8-12-10-18-16(6-3-7-19(18)21)14-4-1-2-5-15(14)17(12)11-13/h1-9,11H,10H2. The summed E-state index contributed by atoms with van der Waals surface area (Å²) in [6.45, 7) is 0. The quantitative estimate of drug-likeness (QED) is 0.345. The maximum absolute atomic E-state index is 6.47. The SMILES string of the molecule is Clc1cccc2c1Cc1ccc(Br)cc1-c1ccccc1-2. The maximum Gasteiger partial charge on any atom is 0.0447 e. The Morgan fingerprint density at radius 2 is 1.48 bits per heavy atom. The lowest BCUT2D eigenvalue weighted by molar-refractivity contribution is 1.21. The summed E-state index contributed by atoms with van der Waals surface area (Å²) in [5, 5.41) is 0.845. The molecule has 1 aliphatic carbocycles. The lowest BCUT2D eigenvalue weighted by Crippen LogP contribution is -1.91. The van der Waals surface area contributed by atoms with Crippen LogP contribution in [0.5, 0.6) is 0 Å². The molecule has 2 heteroatoms. The zero-order valence-electron chi connectivity index (χ0n) is 11.2. The van der Waals surface area contributed by atoms with Crippen molar-refractivity contribution in [3.05, 3.63) is 81.3 Å². The van der Waals surface area contributed by atoms with Gasteiger partial charge in [0.25, 0.3) is 0 Å². The lowest BCUT2D eigenvalue weighted by Gasteiger charge is -2.10. The molecule has 0 saturated carbocycles. The van der Waals surface area contributed by atoms with Crippen LogP contribution in [0.15, 0.2) is 65.1 Å². The van der Waals surface area contributed by atoms with Gasteiger partial charge in [0.05, 0.1) is 0 Å². The van der Waals surface area contributed by atoms with E-state index in [1.165, 1.54) is 33.4 Å². The first-order valence-electron chi connectivity index (χ1n) is 6.89. The molecule has 102 valence electrons. The fourth-order valence-electron chi connectivity index (χ4n) is 3.09. The van der Waals surface area contributed by atoms with E-state index in [1.807, 2.05) is 12.1 Å². The zero-order chi connectivity index (χ0) is 14.4. The van der Waals surface area contributed by atoms with Gasteiger partial charge in [0, 0.05) is 15.9 Å². The van der Waals surface area contributed by atoms with Crippen molar-refractivity contribution >= 4 is 27.5 Å². The molecule has 0 nitrogen and oxygen atoms in total. The van der Waals surface area contributed by atoms with Gasteiger partial charge in [0.2, 0.25) is 0 Å². The summed E-state index contributed by atoms with van der Waals surface area (Å²) in [5.74, 6) is 0. The molecule has 0 bridgehead atoms. The minimum atomic E-state index is 0.845. The van der Waals surface area contributed by atoms with Crippen molar-refractivity contribution in [3.63, 3.8) is 0 Å². The Hall–Kier alpha value is -1.57. The molecule has 0 unspecified atom stereocenters. The van der Waals surface area contributed by atoms with E-state index in [9.17, 15) is 0 Å². The minimum Gasteiger partial charge on any atom is -0.0840 e. The number of rotatable bonds is 0. The van der Waals surface area contributed by atoms with Gasteiger partial charge in [0.1, 0.15) is 0 Å². The Labute approximate surface area is 137 Å². The van der Waals surface area contributed by atoms with Crippen LogP contribution in [0.4, 0.5) is 0 Å². The van der Waals surface area contributed by atoms with Gasteiger partial charge in [-0.1, -0.05) is 70.0 Å². The molecule has 0 amide bonds. The van der Waals surface area contributed by atoms with Gasteiger partial charge in [-0.25, -0.2) is 0 Å². The van der Waals surface area contributed by atoms with E-state index in [4.69, 9.17) is 11.6 Å². The summed E-state index contributed by atoms with van der Waals surface area (Å²) in [5.41, 5.74) is 7.59. The van der Waals surface area contributed by atoms with E-state index < -0.39 is 0 Å². The number of fused-ring (bicyclic) bond motifs is 5. The van der Waals surface area contributed by atoms with E-state index in [1.54, 1.807) is 0 Å². The zero-order valence-corrected chi connectivity index (χ0v) is 13.6. The number of halogens is 2. The summed E-state index contributed by atoms with van der Waals surface area (Å²) in [6, 6.07) is 21.2. The van der Waals surface area contributed by atoms with Crippen LogP contribution in [-0.4, -0.2) is 0 Å². The largest absolute Gasteiger partial charge is 0.0840 e. The molecule has 0 aliphatic heterocycles. The van der Waals surface area contributed by atoms with Crippen LogP contribution in [0.1, 0.15) is 11.1 Å². The van der Waals surface area contributed by atoms with Crippen molar-refractivity contribution in [2.24, 2.45) is 0 Å². The van der Waals surface area contributed by atoms with Gasteiger partial charge in [0.15, 0.2) is 0 Å². The number of hydrogen-bond acceptors (Lipinski definition) is 0. The molecule has 0 heterocycles. The van der Waals surface area contributed by atoms with Gasteiger partial charge in [-0.2, -0.15) is 0 Å². The third-order valence-electron chi connectivity index (χ3n) is 4.07. The van der Waals surface area contributed by atoms with Crippen LogP contribution in [0.3, 0.4) is 0 Å². The highest BCUT2D eigenvalue weighted by molar-refractivity contribution is 9.10. The lowest BCUT2D eigenvalue weighted by atomic mass is 9.95. The van der Waals surface area contributed by atoms with Crippen molar-refractivity contribution < 1.29 is 0 Å². The first-order valence-corrected chi connectivity index (χ1v) is 8.07. The molecule has 0 saturated heterocycles. The summed E-state index contributed by atoms with van der Waals surface area (Å²) in [4.78, 5) is 0. The minimum absolute atomic E-state index is 0.845. The first kappa shape index (κ1) is 13.1. The maximum atomic E-state index is 6.47. The number of hydrogen-bond donors (Lipinski definition) is 0. The fraction of sp³-hybridized carbons (Fsp3) is 0.0526. The van der Waals surface area contributed by atoms with Crippen LogP contribution >= 0.6 is 27.5 Å². The third-order valence-corrected chi connectivity index (χ3v) is 4.91. The van der Waals surface area contributed by atoms with Crippen molar-refractivity contribution in [3.8, 4) is 22.3 Å². The van der Waals surface area contributed by atoms with Gasteiger partial charge < -0.3 is 0 Å². The molecular weight excluding hydrogens is 344 g/mol. The monoisotopic (exact) mass is 354 g/mol. The van der Waals surface area contributed by atoms with Gasteiger partial charge in [-0.3, -0.25) is 0 Å². The normalized spacial score (nSPS) is 12.1. The Morgan fingerprint density at radius 1 is 0.762 bits per heavy atom. The second-order valence-corrected chi connectivity index (χ2v) is 6.61. The Balaban J connectivity index is 2.13. The summed E-state index contributed by atoms with van der Waals surface area (Å²) in [7, 11) is 0. The Morgan fingerprint density at radius 3 is 2.29 bits per heavy atom. The van der Waals surface area contributed by atoms with Crippen LogP contribution in [0.2, 0.25) is 5.02 Å². The van der Waals surface area contributed by atoms with Crippen molar-refractivity contribution in [2.45, 2.75) is 6.42 Å². The van der Waals surface area contributed by atoms with Crippen molar-refractivity contribution in [2.75, 3.05) is 0 Å². The number of benzene rings is 3. The molecule has 21 heavy (non-hydrogen) atoms. The first-order chi connectivity index (χ1) is 10.2. The van der Waals surface area contributed by atoms with Crippen molar-refractivity contribution in [1.29, 1.82) is 0 Å². The topological polar surface area (TPSA) is 0 Å². The van der Waals surface area contributed by atoms with Crippen LogP contribution < -0.4 is 0 Å². The predicted molar refractivity (Wildman–Crippen MR) is 92.8 cm³/mol. The predicted octanol–water partition coefficient (Wildman–Crippen LogP) is 6.34. The molecule has 0 fully saturated rings. The van der Waals surface area contributed by atoms with Crippen molar-refractivity contribution in [1.82, 2.24) is 0 Å². The van der Waals surface area contributed by atoms with E-state index in [-0.39, 0.29) is 0 Å². The molecule has 0 aromatic heterocycles. The van der Waals surface area contributed by atoms with E-state index in [0.29, 0.717) is 0 Å². The van der Waals surface area contributed by atoms with E-state index in [2.05, 4.69) is 64.5 Å². The molecule has 4 rings (SSSR count). The van der Waals surface area contributed by atoms with Crippen LogP contribution in [0.25, 0.3) is 22.3 Å². The molecule has 1 aliphatic rings. The Kier molecular flexibility index (Phi) is 3.13. The highest BCUT2D eigenvalue weighted by Crippen LogP contribution is 2.43. The molecule has 0 N–H and O–H groups in total. The van der Waals surface area contributed by atoms with Gasteiger partial charge in [-0.15, -0.1) is 0 Å². The second-order valence-electron chi connectivity index (χ2n) is 5.29. The summed E-state index contributed by atoms with van der Waals surface area (Å²) < 4.78 is 1.10. The molecule has 3 aromatic carbocycles. The molecule has 0 spiro atoms. The summed E-state index contributed by atoms with van der Waals surface area (Å²) >= 11 is 10.1. The van der Waals surface area contributed by atoms with Crippen LogP contribution in [-0.2, 0) is 6.42 Å². The Bertz CT molecular complexity index is 837. The second kappa shape index (κ2) is 5.01. The third kappa shape index (κ3) is 2.12. The molecule has 0 radical (unpaired) electrons. The summed E-state index contributed by atoms with van der Waals surface area (Å²) in [6.07, 6.45) is 0.867. The molecule has 0 atom stereocenters. The average Bonchev–Trinajstić information content (AvgIpc) is 2.64. The van der Waals surface area contributed by atoms with E-state index in [0.717, 1.165) is 15.9 Å². The molecular formula is C19H12BrCl. The molecule has 3 aromatic rings. The van der Waals surface area contributed by atoms with Gasteiger partial charge in [-0.05, 0) is 51.6 Å². The van der Waals surface area contributed by atoms with E-state index >= 15 is 0 Å². The average molecular weight is 356 g/mol. The smallest absolute Gasteiger partial charge is 0.0447 e.